The maximum atomic E-state index is 10.7. The zero-order valence-corrected chi connectivity index (χ0v) is 16.4. The highest BCUT2D eigenvalue weighted by Gasteiger charge is 2.14. The number of pyridine rings is 1. The highest BCUT2D eigenvalue weighted by atomic mass is 16.3. The minimum atomic E-state index is -0.692. The van der Waals surface area contributed by atoms with Crippen molar-refractivity contribution in [3.63, 3.8) is 0 Å². The van der Waals surface area contributed by atoms with Crippen molar-refractivity contribution in [1.82, 2.24) is 4.98 Å². The number of aromatic nitrogens is 1. The molecule has 1 aromatic heterocycles. The molecule has 0 radical (unpaired) electrons. The van der Waals surface area contributed by atoms with Crippen molar-refractivity contribution in [3.8, 4) is 6.07 Å². The van der Waals surface area contributed by atoms with Gasteiger partial charge in [-0.05, 0) is 54.1 Å². The number of nitriles is 1. The Labute approximate surface area is 176 Å². The summed E-state index contributed by atoms with van der Waals surface area (Å²) in [4.78, 5) is 6.43. The Morgan fingerprint density at radius 2 is 1.37 bits per heavy atom. The lowest BCUT2D eigenvalue weighted by Crippen LogP contribution is -2.10. The molecule has 4 nitrogen and oxygen atoms in total. The lowest BCUT2D eigenvalue weighted by atomic mass is 10.0. The Kier molecular flexibility index (Phi) is 5.84. The van der Waals surface area contributed by atoms with E-state index in [4.69, 9.17) is 5.26 Å². The standard InChI is InChI=1S/C26H21N3O/c27-19-20-15-16-28-22(17-20)18-26(30)21-11-13-25(14-12-21)29(23-7-3-1-4-8-23)24-9-5-2-6-10-24/h1-17,26,30H,18H2. The van der Waals surface area contributed by atoms with E-state index in [1.165, 1.54) is 0 Å². The number of hydrogen-bond acceptors (Lipinski definition) is 4. The van der Waals surface area contributed by atoms with E-state index in [0.717, 1.165) is 22.6 Å². The van der Waals surface area contributed by atoms with Crippen LogP contribution in [0.4, 0.5) is 17.1 Å². The van der Waals surface area contributed by atoms with Crippen molar-refractivity contribution in [2.75, 3.05) is 4.90 Å². The molecule has 0 aliphatic heterocycles. The fraction of sp³-hybridized carbons (Fsp3) is 0.0769. The van der Waals surface area contributed by atoms with Crippen LogP contribution in [-0.4, -0.2) is 10.1 Å². The molecule has 0 fully saturated rings. The first-order chi connectivity index (χ1) is 14.7. The van der Waals surface area contributed by atoms with E-state index < -0.39 is 6.10 Å². The van der Waals surface area contributed by atoms with Crippen LogP contribution in [0.2, 0.25) is 0 Å². The molecule has 1 heterocycles. The van der Waals surface area contributed by atoms with Gasteiger partial charge in [0.2, 0.25) is 0 Å². The molecule has 0 spiro atoms. The minimum absolute atomic E-state index is 0.357. The molecule has 0 aliphatic rings. The molecule has 1 N–H and O–H groups in total. The summed E-state index contributed by atoms with van der Waals surface area (Å²) in [6, 6.07) is 33.7. The van der Waals surface area contributed by atoms with Crippen LogP contribution in [0, 0.1) is 11.3 Å². The fourth-order valence-corrected chi connectivity index (χ4v) is 3.42. The number of hydrogen-bond donors (Lipinski definition) is 1. The zero-order valence-electron chi connectivity index (χ0n) is 16.4. The lowest BCUT2D eigenvalue weighted by Gasteiger charge is -2.25. The van der Waals surface area contributed by atoms with Gasteiger partial charge in [0, 0.05) is 35.4 Å². The predicted octanol–water partition coefficient (Wildman–Crippen LogP) is 5.70. The zero-order chi connectivity index (χ0) is 20.8. The molecule has 1 atom stereocenters. The topological polar surface area (TPSA) is 60.1 Å². The third kappa shape index (κ3) is 4.38. The number of rotatable bonds is 6. The molecule has 0 saturated heterocycles. The van der Waals surface area contributed by atoms with E-state index in [0.29, 0.717) is 17.7 Å². The number of para-hydroxylation sites is 2. The van der Waals surface area contributed by atoms with Gasteiger partial charge in [0.15, 0.2) is 0 Å². The summed E-state index contributed by atoms with van der Waals surface area (Å²) in [6.45, 7) is 0. The molecule has 0 aliphatic carbocycles. The lowest BCUT2D eigenvalue weighted by molar-refractivity contribution is 0.177. The molecule has 1 unspecified atom stereocenters. The summed E-state index contributed by atoms with van der Waals surface area (Å²) in [5.74, 6) is 0. The quantitative estimate of drug-likeness (QED) is 0.458. The average molecular weight is 391 g/mol. The Bertz CT molecular complexity index is 1100. The molecule has 4 heteroatoms. The molecule has 4 aromatic rings. The third-order valence-electron chi connectivity index (χ3n) is 4.91. The van der Waals surface area contributed by atoms with Crippen LogP contribution >= 0.6 is 0 Å². The van der Waals surface area contributed by atoms with Crippen LogP contribution in [0.3, 0.4) is 0 Å². The fourth-order valence-electron chi connectivity index (χ4n) is 3.42. The summed E-state index contributed by atoms with van der Waals surface area (Å²) in [7, 11) is 0. The van der Waals surface area contributed by atoms with Crippen molar-refractivity contribution < 1.29 is 5.11 Å². The van der Waals surface area contributed by atoms with Crippen LogP contribution in [0.1, 0.15) is 22.9 Å². The minimum Gasteiger partial charge on any atom is -0.388 e. The molecule has 0 saturated carbocycles. The summed E-state index contributed by atoms with van der Waals surface area (Å²) < 4.78 is 0. The Morgan fingerprint density at radius 1 is 0.800 bits per heavy atom. The van der Waals surface area contributed by atoms with Gasteiger partial charge < -0.3 is 10.0 Å². The van der Waals surface area contributed by atoms with Crippen LogP contribution in [-0.2, 0) is 6.42 Å². The van der Waals surface area contributed by atoms with Gasteiger partial charge in [-0.15, -0.1) is 0 Å². The van der Waals surface area contributed by atoms with Gasteiger partial charge in [0.05, 0.1) is 17.7 Å². The van der Waals surface area contributed by atoms with E-state index >= 15 is 0 Å². The van der Waals surface area contributed by atoms with E-state index in [1.54, 1.807) is 18.3 Å². The van der Waals surface area contributed by atoms with Gasteiger partial charge in [0.25, 0.3) is 0 Å². The van der Waals surface area contributed by atoms with Crippen molar-refractivity contribution in [1.29, 1.82) is 5.26 Å². The second kappa shape index (κ2) is 9.04. The third-order valence-corrected chi connectivity index (χ3v) is 4.91. The van der Waals surface area contributed by atoms with Crippen LogP contribution in [0.25, 0.3) is 0 Å². The molecular weight excluding hydrogens is 370 g/mol. The van der Waals surface area contributed by atoms with Crippen molar-refractivity contribution in [3.05, 3.63) is 120 Å². The molecule has 3 aromatic carbocycles. The van der Waals surface area contributed by atoms with E-state index in [-0.39, 0.29) is 0 Å². The van der Waals surface area contributed by atoms with Crippen LogP contribution in [0.5, 0.6) is 0 Å². The Balaban J connectivity index is 1.60. The maximum Gasteiger partial charge on any atom is 0.0992 e. The first kappa shape index (κ1) is 19.4. The summed E-state index contributed by atoms with van der Waals surface area (Å²) >= 11 is 0. The van der Waals surface area contributed by atoms with Gasteiger partial charge in [-0.25, -0.2) is 0 Å². The highest BCUT2D eigenvalue weighted by Crippen LogP contribution is 2.34. The van der Waals surface area contributed by atoms with Gasteiger partial charge in [-0.1, -0.05) is 48.5 Å². The number of nitrogens with zero attached hydrogens (tertiary/aromatic N) is 3. The number of aliphatic hydroxyl groups excluding tert-OH is 1. The summed E-state index contributed by atoms with van der Waals surface area (Å²) in [5, 5.41) is 19.7. The predicted molar refractivity (Wildman–Crippen MR) is 119 cm³/mol. The molecular formula is C26H21N3O. The van der Waals surface area contributed by atoms with Gasteiger partial charge in [-0.2, -0.15) is 5.26 Å². The van der Waals surface area contributed by atoms with Crippen molar-refractivity contribution >= 4 is 17.1 Å². The second-order valence-corrected chi connectivity index (χ2v) is 6.97. The number of benzene rings is 3. The monoisotopic (exact) mass is 391 g/mol. The van der Waals surface area contributed by atoms with Crippen molar-refractivity contribution in [2.24, 2.45) is 0 Å². The number of anilines is 3. The summed E-state index contributed by atoms with van der Waals surface area (Å²) in [6.07, 6.45) is 1.26. The van der Waals surface area contributed by atoms with Gasteiger partial charge in [0.1, 0.15) is 0 Å². The average Bonchev–Trinajstić information content (AvgIpc) is 2.81. The molecule has 4 rings (SSSR count). The summed E-state index contributed by atoms with van der Waals surface area (Å²) in [5.41, 5.74) is 5.19. The van der Waals surface area contributed by atoms with E-state index in [9.17, 15) is 5.11 Å². The van der Waals surface area contributed by atoms with E-state index in [2.05, 4.69) is 40.2 Å². The molecule has 30 heavy (non-hydrogen) atoms. The first-order valence-corrected chi connectivity index (χ1v) is 9.78. The second-order valence-electron chi connectivity index (χ2n) is 6.97. The maximum absolute atomic E-state index is 10.7. The Hall–Kier alpha value is -3.94. The van der Waals surface area contributed by atoms with Crippen LogP contribution in [0.15, 0.2) is 103 Å². The SMILES string of the molecule is N#Cc1ccnc(CC(O)c2ccc(N(c3ccccc3)c3ccccc3)cc2)c1. The van der Waals surface area contributed by atoms with Gasteiger partial charge in [-0.3, -0.25) is 4.98 Å². The largest absolute Gasteiger partial charge is 0.388 e. The highest BCUT2D eigenvalue weighted by molar-refractivity contribution is 5.76. The molecule has 146 valence electrons. The normalized spacial score (nSPS) is 11.5. The smallest absolute Gasteiger partial charge is 0.0992 e. The van der Waals surface area contributed by atoms with Crippen molar-refractivity contribution in [2.45, 2.75) is 12.5 Å². The first-order valence-electron chi connectivity index (χ1n) is 9.78. The number of aliphatic hydroxyl groups is 1. The molecule has 0 bridgehead atoms. The van der Waals surface area contributed by atoms with Gasteiger partial charge >= 0.3 is 0 Å². The Morgan fingerprint density at radius 3 is 1.93 bits per heavy atom. The molecule has 0 amide bonds. The van der Waals surface area contributed by atoms with Crippen LogP contribution < -0.4 is 4.90 Å². The van der Waals surface area contributed by atoms with E-state index in [1.807, 2.05) is 60.7 Å².